The molecule has 0 spiro atoms. The Morgan fingerprint density at radius 2 is 1.86 bits per heavy atom. The van der Waals surface area contributed by atoms with E-state index in [-0.39, 0.29) is 5.56 Å². The summed E-state index contributed by atoms with van der Waals surface area (Å²) in [6.07, 6.45) is 5.40. The minimum absolute atomic E-state index is 0.169. The molecule has 0 atom stereocenters. The largest absolute Gasteiger partial charge is 0.297 e. The third-order valence-electron chi connectivity index (χ3n) is 5.88. The van der Waals surface area contributed by atoms with Crippen molar-refractivity contribution < 1.29 is 0 Å². The molecule has 148 valence electrons. The Kier molecular flexibility index (Phi) is 5.93. The third kappa shape index (κ3) is 3.78. The van der Waals surface area contributed by atoms with Crippen LogP contribution in [0.5, 0.6) is 0 Å². The fourth-order valence-corrected chi connectivity index (χ4v) is 5.44. The van der Waals surface area contributed by atoms with E-state index in [1.807, 2.05) is 10.6 Å². The summed E-state index contributed by atoms with van der Waals surface area (Å²) >= 11 is 1.75. The van der Waals surface area contributed by atoms with Crippen molar-refractivity contribution in [1.82, 2.24) is 14.5 Å². The van der Waals surface area contributed by atoms with Crippen molar-refractivity contribution in [2.24, 2.45) is 0 Å². The maximum absolute atomic E-state index is 13.6. The summed E-state index contributed by atoms with van der Waals surface area (Å²) in [4.78, 5) is 23.3. The van der Waals surface area contributed by atoms with E-state index in [0.29, 0.717) is 6.54 Å². The molecule has 2 heterocycles. The zero-order valence-corrected chi connectivity index (χ0v) is 17.7. The molecule has 4 rings (SSSR count). The first-order valence-corrected chi connectivity index (χ1v) is 11.3. The molecule has 0 aliphatic heterocycles. The van der Waals surface area contributed by atoms with E-state index >= 15 is 0 Å². The first kappa shape index (κ1) is 19.3. The Balaban J connectivity index is 1.78. The van der Waals surface area contributed by atoms with Crippen molar-refractivity contribution >= 4 is 21.6 Å². The Morgan fingerprint density at radius 3 is 2.61 bits per heavy atom. The number of aromatic nitrogens is 2. The van der Waals surface area contributed by atoms with Crippen LogP contribution in [-0.4, -0.2) is 27.5 Å². The molecule has 28 heavy (non-hydrogen) atoms. The minimum atomic E-state index is 0.169. The van der Waals surface area contributed by atoms with Gasteiger partial charge in [-0.1, -0.05) is 44.2 Å². The predicted octanol–water partition coefficient (Wildman–Crippen LogP) is 4.42. The lowest BCUT2D eigenvalue weighted by molar-refractivity contribution is 0.281. The lowest BCUT2D eigenvalue weighted by Crippen LogP contribution is -2.31. The van der Waals surface area contributed by atoms with Gasteiger partial charge in [0, 0.05) is 11.4 Å². The van der Waals surface area contributed by atoms with Crippen molar-refractivity contribution in [3.8, 4) is 0 Å². The van der Waals surface area contributed by atoms with Crippen LogP contribution in [0.4, 0.5) is 0 Å². The molecule has 2 aromatic heterocycles. The van der Waals surface area contributed by atoms with E-state index < -0.39 is 0 Å². The molecule has 0 fully saturated rings. The van der Waals surface area contributed by atoms with Crippen molar-refractivity contribution in [1.29, 1.82) is 0 Å². The van der Waals surface area contributed by atoms with Crippen molar-refractivity contribution in [3.63, 3.8) is 0 Å². The molecule has 0 radical (unpaired) electrons. The monoisotopic (exact) mass is 395 g/mol. The molecule has 1 aliphatic rings. The number of fused-ring (bicyclic) bond motifs is 3. The standard InChI is InChI=1S/C23H29N3OS/c1-3-25(4-2)16-20-24-22-21(18-12-8-9-13-19(18)28-22)23(27)26(20)15-14-17-10-6-5-7-11-17/h5-7,10-11H,3-4,8-9,12-16H2,1-2H3. The quantitative estimate of drug-likeness (QED) is 0.594. The molecule has 0 bridgehead atoms. The fraction of sp³-hybridized carbons (Fsp3) is 0.478. The molecule has 0 saturated carbocycles. The molecule has 4 nitrogen and oxygen atoms in total. The number of hydrogen-bond donors (Lipinski definition) is 0. The number of aryl methyl sites for hydroxylation is 3. The van der Waals surface area contributed by atoms with Gasteiger partial charge in [0.15, 0.2) is 0 Å². The van der Waals surface area contributed by atoms with Crippen molar-refractivity contribution in [3.05, 3.63) is 62.5 Å². The van der Waals surface area contributed by atoms with Gasteiger partial charge in [-0.2, -0.15) is 0 Å². The Morgan fingerprint density at radius 1 is 1.11 bits per heavy atom. The lowest BCUT2D eigenvalue weighted by atomic mass is 9.97. The van der Waals surface area contributed by atoms with Crippen LogP contribution < -0.4 is 5.56 Å². The molecule has 0 unspecified atom stereocenters. The second-order valence-electron chi connectivity index (χ2n) is 7.57. The minimum Gasteiger partial charge on any atom is -0.297 e. The highest BCUT2D eigenvalue weighted by Crippen LogP contribution is 2.33. The smallest absolute Gasteiger partial charge is 0.262 e. The molecular formula is C23H29N3OS. The number of thiophene rings is 1. The summed E-state index contributed by atoms with van der Waals surface area (Å²) < 4.78 is 1.95. The molecule has 1 aromatic carbocycles. The van der Waals surface area contributed by atoms with Gasteiger partial charge in [0.1, 0.15) is 10.7 Å². The maximum Gasteiger partial charge on any atom is 0.262 e. The van der Waals surface area contributed by atoms with E-state index in [0.717, 1.165) is 54.9 Å². The van der Waals surface area contributed by atoms with E-state index in [1.54, 1.807) is 11.3 Å². The average Bonchev–Trinajstić information content (AvgIpc) is 3.10. The van der Waals surface area contributed by atoms with E-state index in [1.165, 1.54) is 28.8 Å². The zero-order valence-electron chi connectivity index (χ0n) is 16.9. The average molecular weight is 396 g/mol. The van der Waals surface area contributed by atoms with Crippen LogP contribution in [0.1, 0.15) is 48.5 Å². The van der Waals surface area contributed by atoms with Crippen LogP contribution in [-0.2, 0) is 32.4 Å². The topological polar surface area (TPSA) is 38.1 Å². The summed E-state index contributed by atoms with van der Waals surface area (Å²) in [6.45, 7) is 7.67. The molecule has 0 N–H and O–H groups in total. The molecule has 3 aromatic rings. The van der Waals surface area contributed by atoms with E-state index in [9.17, 15) is 4.79 Å². The van der Waals surface area contributed by atoms with Gasteiger partial charge in [-0.05, 0) is 56.3 Å². The summed E-state index contributed by atoms with van der Waals surface area (Å²) in [5.41, 5.74) is 2.71. The Bertz CT molecular complexity index is 1000. The molecule has 5 heteroatoms. The van der Waals surface area contributed by atoms with Gasteiger partial charge >= 0.3 is 0 Å². The number of rotatable bonds is 7. The van der Waals surface area contributed by atoms with Crippen LogP contribution in [0.25, 0.3) is 10.2 Å². The predicted molar refractivity (Wildman–Crippen MR) is 117 cm³/mol. The summed E-state index contributed by atoms with van der Waals surface area (Å²) in [5, 5.41) is 0.899. The van der Waals surface area contributed by atoms with Crippen molar-refractivity contribution in [2.75, 3.05) is 13.1 Å². The first-order chi connectivity index (χ1) is 13.7. The highest BCUT2D eigenvalue weighted by Gasteiger charge is 2.22. The van der Waals surface area contributed by atoms with Crippen LogP contribution in [0.2, 0.25) is 0 Å². The van der Waals surface area contributed by atoms with Gasteiger partial charge in [-0.15, -0.1) is 11.3 Å². The van der Waals surface area contributed by atoms with Crippen LogP contribution >= 0.6 is 11.3 Å². The molecule has 1 aliphatic carbocycles. The van der Waals surface area contributed by atoms with E-state index in [2.05, 4.69) is 43.0 Å². The maximum atomic E-state index is 13.6. The summed E-state index contributed by atoms with van der Waals surface area (Å²) in [7, 11) is 0. The third-order valence-corrected chi connectivity index (χ3v) is 7.07. The summed E-state index contributed by atoms with van der Waals surface area (Å²) in [5.74, 6) is 0.913. The van der Waals surface area contributed by atoms with Gasteiger partial charge in [-0.3, -0.25) is 14.3 Å². The number of benzene rings is 1. The fourth-order valence-electron chi connectivity index (χ4n) is 4.16. The lowest BCUT2D eigenvalue weighted by Gasteiger charge is -2.20. The highest BCUT2D eigenvalue weighted by atomic mass is 32.1. The number of nitrogens with zero attached hydrogens (tertiary/aromatic N) is 3. The zero-order chi connectivity index (χ0) is 19.5. The van der Waals surface area contributed by atoms with Crippen LogP contribution in [0, 0.1) is 0 Å². The SMILES string of the molecule is CCN(CC)Cc1nc2sc3c(c2c(=O)n1CCc1ccccc1)CCCC3. The normalized spacial score (nSPS) is 14.0. The summed E-state index contributed by atoms with van der Waals surface area (Å²) in [6, 6.07) is 10.4. The van der Waals surface area contributed by atoms with Gasteiger partial charge in [-0.25, -0.2) is 4.98 Å². The van der Waals surface area contributed by atoms with Gasteiger partial charge in [0.25, 0.3) is 5.56 Å². The van der Waals surface area contributed by atoms with Gasteiger partial charge < -0.3 is 0 Å². The van der Waals surface area contributed by atoms with E-state index in [4.69, 9.17) is 4.98 Å². The van der Waals surface area contributed by atoms with Gasteiger partial charge in [0.2, 0.25) is 0 Å². The Hall–Kier alpha value is -1.98. The van der Waals surface area contributed by atoms with Crippen LogP contribution in [0.3, 0.4) is 0 Å². The second-order valence-corrected chi connectivity index (χ2v) is 8.66. The number of hydrogen-bond acceptors (Lipinski definition) is 4. The first-order valence-electron chi connectivity index (χ1n) is 10.5. The molecular weight excluding hydrogens is 366 g/mol. The van der Waals surface area contributed by atoms with Gasteiger partial charge in [0.05, 0.1) is 11.9 Å². The van der Waals surface area contributed by atoms with Crippen LogP contribution in [0.15, 0.2) is 35.1 Å². The Labute approximate surface area is 170 Å². The molecule has 0 amide bonds. The van der Waals surface area contributed by atoms with Crippen molar-refractivity contribution in [2.45, 2.75) is 59.0 Å². The molecule has 0 saturated heterocycles. The second kappa shape index (κ2) is 8.58. The highest BCUT2D eigenvalue weighted by molar-refractivity contribution is 7.18.